The molecule has 102 valence electrons. The minimum atomic E-state index is -0.437. The molecule has 0 fully saturated rings. The van der Waals surface area contributed by atoms with Crippen LogP contribution in [0.1, 0.15) is 36.7 Å². The minimum Gasteiger partial charge on any atom is -0.366 e. The molecule has 0 aliphatic carbocycles. The zero-order valence-corrected chi connectivity index (χ0v) is 11.6. The number of hydrogen-bond acceptors (Lipinski definition) is 3. The summed E-state index contributed by atoms with van der Waals surface area (Å²) in [5.41, 5.74) is 7.79. The van der Waals surface area contributed by atoms with Crippen LogP contribution in [0, 0.1) is 5.41 Å². The monoisotopic (exact) mass is 260 g/mol. The van der Waals surface area contributed by atoms with Crippen molar-refractivity contribution in [2.24, 2.45) is 11.1 Å². The van der Waals surface area contributed by atoms with Crippen LogP contribution >= 0.6 is 0 Å². The summed E-state index contributed by atoms with van der Waals surface area (Å²) in [6.45, 7) is 6.93. The Balaban J connectivity index is 2.42. The Morgan fingerprint density at radius 1 is 1.42 bits per heavy atom. The number of fused-ring (bicyclic) bond motifs is 1. The fourth-order valence-corrected chi connectivity index (χ4v) is 2.59. The zero-order valence-electron chi connectivity index (χ0n) is 11.6. The molecule has 0 aromatic heterocycles. The van der Waals surface area contributed by atoms with Crippen LogP contribution in [0.5, 0.6) is 0 Å². The first kappa shape index (κ1) is 13.6. The highest BCUT2D eigenvalue weighted by Crippen LogP contribution is 2.35. The number of rotatable bonds is 3. The molecule has 0 saturated heterocycles. The Morgan fingerprint density at radius 3 is 2.63 bits per heavy atom. The molecule has 2 rings (SSSR count). The van der Waals surface area contributed by atoms with Gasteiger partial charge in [0.05, 0.1) is 6.04 Å². The Hall–Kier alpha value is -1.84. The van der Waals surface area contributed by atoms with E-state index >= 15 is 0 Å². The molecule has 0 saturated carbocycles. The molecule has 0 radical (unpaired) electrons. The van der Waals surface area contributed by atoms with Crippen LogP contribution in [-0.4, -0.2) is 24.8 Å². The first-order chi connectivity index (χ1) is 8.84. The summed E-state index contributed by atoms with van der Waals surface area (Å²) in [7, 11) is 0. The van der Waals surface area contributed by atoms with Crippen LogP contribution < -0.4 is 10.6 Å². The SMILES string of the molecule is CC(C)(C)C(C=O)N1CCc2ccc(C(N)=O)cc21. The number of carbonyl (C=O) groups is 2. The number of amides is 1. The Bertz CT molecular complexity index is 517. The number of nitrogens with two attached hydrogens (primary N) is 1. The number of benzene rings is 1. The molecule has 1 aromatic carbocycles. The van der Waals surface area contributed by atoms with Crippen LogP contribution in [0.3, 0.4) is 0 Å². The molecule has 1 atom stereocenters. The highest BCUT2D eigenvalue weighted by molar-refractivity contribution is 5.94. The van der Waals surface area contributed by atoms with E-state index in [9.17, 15) is 9.59 Å². The molecule has 19 heavy (non-hydrogen) atoms. The van der Waals surface area contributed by atoms with Crippen LogP contribution in [0.2, 0.25) is 0 Å². The fourth-order valence-electron chi connectivity index (χ4n) is 2.59. The number of anilines is 1. The first-order valence-corrected chi connectivity index (χ1v) is 6.49. The minimum absolute atomic E-state index is 0.147. The van der Waals surface area contributed by atoms with Crippen molar-refractivity contribution >= 4 is 17.9 Å². The largest absolute Gasteiger partial charge is 0.366 e. The van der Waals surface area contributed by atoms with Crippen LogP contribution in [0.15, 0.2) is 18.2 Å². The summed E-state index contributed by atoms with van der Waals surface area (Å²) in [4.78, 5) is 24.8. The molecule has 0 spiro atoms. The molecule has 1 aliphatic rings. The Kier molecular flexibility index (Phi) is 3.35. The van der Waals surface area contributed by atoms with Gasteiger partial charge in [0, 0.05) is 17.8 Å². The van der Waals surface area contributed by atoms with Crippen molar-refractivity contribution in [3.63, 3.8) is 0 Å². The van der Waals surface area contributed by atoms with E-state index in [4.69, 9.17) is 5.73 Å². The van der Waals surface area contributed by atoms with Crippen molar-refractivity contribution in [2.45, 2.75) is 33.2 Å². The van der Waals surface area contributed by atoms with Crippen molar-refractivity contribution in [1.82, 2.24) is 0 Å². The maximum absolute atomic E-state index is 11.4. The smallest absolute Gasteiger partial charge is 0.248 e. The standard InChI is InChI=1S/C15H20N2O2/c1-15(2,3)13(9-18)17-7-6-10-4-5-11(14(16)19)8-12(10)17/h4-5,8-9,13H,6-7H2,1-3H3,(H2,16,19). The summed E-state index contributed by atoms with van der Waals surface area (Å²) < 4.78 is 0. The average Bonchev–Trinajstić information content (AvgIpc) is 2.71. The third-order valence-corrected chi connectivity index (χ3v) is 3.65. The van der Waals surface area contributed by atoms with E-state index in [1.54, 1.807) is 12.1 Å². The third-order valence-electron chi connectivity index (χ3n) is 3.65. The van der Waals surface area contributed by atoms with E-state index in [0.29, 0.717) is 5.56 Å². The lowest BCUT2D eigenvalue weighted by atomic mass is 9.86. The normalized spacial score (nSPS) is 16.1. The number of primary amides is 1. The molecule has 2 N–H and O–H groups in total. The number of hydrogen-bond donors (Lipinski definition) is 1. The second-order valence-corrected chi connectivity index (χ2v) is 6.10. The molecular formula is C15H20N2O2. The molecule has 1 amide bonds. The van der Waals surface area contributed by atoms with Gasteiger partial charge in [0.25, 0.3) is 0 Å². The maximum Gasteiger partial charge on any atom is 0.248 e. The number of nitrogens with zero attached hydrogens (tertiary/aromatic N) is 1. The Morgan fingerprint density at radius 2 is 2.11 bits per heavy atom. The second-order valence-electron chi connectivity index (χ2n) is 6.10. The molecule has 1 unspecified atom stereocenters. The van der Waals surface area contributed by atoms with E-state index in [-0.39, 0.29) is 11.5 Å². The first-order valence-electron chi connectivity index (χ1n) is 6.49. The lowest BCUT2D eigenvalue weighted by Gasteiger charge is -2.35. The predicted molar refractivity (Wildman–Crippen MR) is 75.3 cm³/mol. The average molecular weight is 260 g/mol. The van der Waals surface area contributed by atoms with Gasteiger partial charge in [0.1, 0.15) is 6.29 Å². The van der Waals surface area contributed by atoms with Gasteiger partial charge in [-0.25, -0.2) is 0 Å². The summed E-state index contributed by atoms with van der Waals surface area (Å²) in [5.74, 6) is -0.437. The van der Waals surface area contributed by atoms with E-state index in [2.05, 4.69) is 4.90 Å². The van der Waals surface area contributed by atoms with Crippen molar-refractivity contribution in [3.8, 4) is 0 Å². The van der Waals surface area contributed by atoms with Gasteiger partial charge in [-0.05, 0) is 29.5 Å². The topological polar surface area (TPSA) is 63.4 Å². The van der Waals surface area contributed by atoms with E-state index in [0.717, 1.165) is 24.9 Å². The number of carbonyl (C=O) groups excluding carboxylic acids is 2. The van der Waals surface area contributed by atoms with Gasteiger partial charge >= 0.3 is 0 Å². The van der Waals surface area contributed by atoms with E-state index in [1.807, 2.05) is 26.8 Å². The highest BCUT2D eigenvalue weighted by Gasteiger charge is 2.34. The zero-order chi connectivity index (χ0) is 14.2. The lowest BCUT2D eigenvalue weighted by molar-refractivity contribution is -0.110. The van der Waals surface area contributed by atoms with Gasteiger partial charge in [0.15, 0.2) is 0 Å². The summed E-state index contributed by atoms with van der Waals surface area (Å²) in [6, 6.07) is 5.28. The third kappa shape index (κ3) is 2.48. The van der Waals surface area contributed by atoms with Gasteiger partial charge in [-0.3, -0.25) is 4.79 Å². The lowest BCUT2D eigenvalue weighted by Crippen LogP contribution is -2.44. The van der Waals surface area contributed by atoms with Gasteiger partial charge < -0.3 is 15.4 Å². The molecule has 1 aliphatic heterocycles. The molecule has 4 nitrogen and oxygen atoms in total. The molecule has 1 aromatic rings. The van der Waals surface area contributed by atoms with E-state index in [1.165, 1.54) is 5.56 Å². The van der Waals surface area contributed by atoms with Gasteiger partial charge in [-0.15, -0.1) is 0 Å². The van der Waals surface area contributed by atoms with Crippen molar-refractivity contribution < 1.29 is 9.59 Å². The van der Waals surface area contributed by atoms with Gasteiger partial charge in [0.2, 0.25) is 5.91 Å². The van der Waals surface area contributed by atoms with E-state index < -0.39 is 5.91 Å². The van der Waals surface area contributed by atoms with Crippen LogP contribution in [0.4, 0.5) is 5.69 Å². The predicted octanol–water partition coefficient (Wildman–Crippen LogP) is 1.76. The molecule has 1 heterocycles. The molecule has 4 heteroatoms. The summed E-state index contributed by atoms with van der Waals surface area (Å²) >= 11 is 0. The summed E-state index contributed by atoms with van der Waals surface area (Å²) in [6.07, 6.45) is 1.89. The van der Waals surface area contributed by atoms with Crippen molar-refractivity contribution in [2.75, 3.05) is 11.4 Å². The summed E-state index contributed by atoms with van der Waals surface area (Å²) in [5, 5.41) is 0. The number of aldehydes is 1. The van der Waals surface area contributed by atoms with Crippen molar-refractivity contribution in [1.29, 1.82) is 0 Å². The van der Waals surface area contributed by atoms with Crippen molar-refractivity contribution in [3.05, 3.63) is 29.3 Å². The Labute approximate surface area is 113 Å². The maximum atomic E-state index is 11.4. The molecular weight excluding hydrogens is 240 g/mol. The second kappa shape index (κ2) is 4.68. The van der Waals surface area contributed by atoms with Gasteiger partial charge in [-0.1, -0.05) is 26.8 Å². The van der Waals surface area contributed by atoms with Crippen LogP contribution in [-0.2, 0) is 11.2 Å². The highest BCUT2D eigenvalue weighted by atomic mass is 16.1. The van der Waals surface area contributed by atoms with Crippen LogP contribution in [0.25, 0.3) is 0 Å². The fraction of sp³-hybridized carbons (Fsp3) is 0.467. The van der Waals surface area contributed by atoms with Gasteiger partial charge in [-0.2, -0.15) is 0 Å². The quantitative estimate of drug-likeness (QED) is 0.842. The molecule has 0 bridgehead atoms.